The van der Waals surface area contributed by atoms with E-state index < -0.39 is 0 Å². The van der Waals surface area contributed by atoms with E-state index >= 15 is 0 Å². The second-order valence-electron chi connectivity index (χ2n) is 4.20. The van der Waals surface area contributed by atoms with Crippen molar-refractivity contribution >= 4 is 0 Å². The van der Waals surface area contributed by atoms with Gasteiger partial charge < -0.3 is 9.88 Å². The molecule has 1 aromatic heterocycles. The highest BCUT2D eigenvalue weighted by molar-refractivity contribution is 5.00. The summed E-state index contributed by atoms with van der Waals surface area (Å²) in [6.07, 6.45) is 7.75. The lowest BCUT2D eigenvalue weighted by molar-refractivity contribution is 0.288. The van der Waals surface area contributed by atoms with Crippen LogP contribution in [0.3, 0.4) is 0 Å². The normalized spacial score (nSPS) is 27.9. The first kappa shape index (κ1) is 9.71. The van der Waals surface area contributed by atoms with Crippen molar-refractivity contribution in [1.82, 2.24) is 14.9 Å². The van der Waals surface area contributed by atoms with Crippen LogP contribution in [0.1, 0.15) is 38.1 Å². The average molecular weight is 193 g/mol. The number of aromatic nitrogens is 2. The Balaban J connectivity index is 2.08. The maximum Gasteiger partial charge on any atom is 0.125 e. The number of nitrogens with zero attached hydrogens (tertiary/aromatic N) is 2. The quantitative estimate of drug-likeness (QED) is 0.777. The minimum absolute atomic E-state index is 0.466. The molecule has 1 aromatic rings. The molecule has 0 radical (unpaired) electrons. The highest BCUT2D eigenvalue weighted by Gasteiger charge is 2.23. The van der Waals surface area contributed by atoms with E-state index in [9.17, 15) is 0 Å². The third-order valence-electron chi connectivity index (χ3n) is 3.26. The maximum absolute atomic E-state index is 4.41. The molecule has 78 valence electrons. The third-order valence-corrected chi connectivity index (χ3v) is 3.26. The maximum atomic E-state index is 4.41. The molecule has 0 spiro atoms. The molecule has 2 rings (SSSR count). The first-order valence-electron chi connectivity index (χ1n) is 5.52. The third kappa shape index (κ3) is 1.82. The number of rotatable bonds is 2. The summed E-state index contributed by atoms with van der Waals surface area (Å²) < 4.78 is 2.12. The van der Waals surface area contributed by atoms with Crippen LogP contribution in [-0.4, -0.2) is 16.1 Å². The summed E-state index contributed by atoms with van der Waals surface area (Å²) in [6.45, 7) is 3.42. The van der Waals surface area contributed by atoms with Crippen molar-refractivity contribution < 1.29 is 0 Å². The van der Waals surface area contributed by atoms with Crippen LogP contribution in [-0.2, 0) is 7.05 Å². The molecular weight excluding hydrogens is 174 g/mol. The van der Waals surface area contributed by atoms with Crippen molar-refractivity contribution in [3.63, 3.8) is 0 Å². The molecule has 14 heavy (non-hydrogen) atoms. The number of hydrogen-bond donors (Lipinski definition) is 1. The standard InChI is InChI=1S/C11H19N3/c1-3-9-4-5-12-10(8-9)11-13-6-7-14(11)2/h6-7,9-10,12H,3-5,8H2,1-2H3. The second kappa shape index (κ2) is 4.13. The molecule has 0 aromatic carbocycles. The molecule has 0 amide bonds. The Bertz CT molecular complexity index is 292. The van der Waals surface area contributed by atoms with Crippen molar-refractivity contribution in [2.75, 3.05) is 6.54 Å². The minimum atomic E-state index is 0.466. The molecule has 0 aliphatic carbocycles. The number of imidazole rings is 1. The van der Waals surface area contributed by atoms with Gasteiger partial charge in [-0.05, 0) is 25.3 Å². The number of aryl methyl sites for hydroxylation is 1. The van der Waals surface area contributed by atoms with Gasteiger partial charge in [0.2, 0.25) is 0 Å². The van der Waals surface area contributed by atoms with E-state index in [-0.39, 0.29) is 0 Å². The van der Waals surface area contributed by atoms with Crippen molar-refractivity contribution in [3.05, 3.63) is 18.2 Å². The van der Waals surface area contributed by atoms with E-state index in [1.165, 1.54) is 25.1 Å². The first-order chi connectivity index (χ1) is 6.81. The Labute approximate surface area is 85.5 Å². The summed E-state index contributed by atoms with van der Waals surface area (Å²) >= 11 is 0. The molecule has 0 bridgehead atoms. The van der Waals surface area contributed by atoms with Crippen LogP contribution < -0.4 is 5.32 Å². The molecule has 1 saturated heterocycles. The Morgan fingerprint density at radius 1 is 1.64 bits per heavy atom. The van der Waals surface area contributed by atoms with Crippen LogP contribution in [0.4, 0.5) is 0 Å². The lowest BCUT2D eigenvalue weighted by Crippen LogP contribution is -2.33. The van der Waals surface area contributed by atoms with E-state index in [0.29, 0.717) is 6.04 Å². The fourth-order valence-corrected chi connectivity index (χ4v) is 2.28. The van der Waals surface area contributed by atoms with Gasteiger partial charge in [-0.2, -0.15) is 0 Å². The van der Waals surface area contributed by atoms with Gasteiger partial charge >= 0.3 is 0 Å². The second-order valence-corrected chi connectivity index (χ2v) is 4.20. The summed E-state index contributed by atoms with van der Waals surface area (Å²) in [5.74, 6) is 2.06. The van der Waals surface area contributed by atoms with Crippen molar-refractivity contribution in [2.45, 2.75) is 32.2 Å². The first-order valence-corrected chi connectivity index (χ1v) is 5.52. The van der Waals surface area contributed by atoms with Gasteiger partial charge in [-0.15, -0.1) is 0 Å². The van der Waals surface area contributed by atoms with Gasteiger partial charge in [0.1, 0.15) is 5.82 Å². The lowest BCUT2D eigenvalue weighted by atomic mass is 9.90. The van der Waals surface area contributed by atoms with E-state index in [4.69, 9.17) is 0 Å². The topological polar surface area (TPSA) is 29.9 Å². The fourth-order valence-electron chi connectivity index (χ4n) is 2.28. The van der Waals surface area contributed by atoms with Gasteiger partial charge in [0.25, 0.3) is 0 Å². The zero-order valence-corrected chi connectivity index (χ0v) is 9.03. The van der Waals surface area contributed by atoms with Crippen LogP contribution in [0.25, 0.3) is 0 Å². The summed E-state index contributed by atoms with van der Waals surface area (Å²) in [7, 11) is 2.07. The van der Waals surface area contributed by atoms with Crippen LogP contribution in [0, 0.1) is 5.92 Å². The largest absolute Gasteiger partial charge is 0.337 e. The number of hydrogen-bond acceptors (Lipinski definition) is 2. The Kier molecular flexibility index (Phi) is 2.87. The summed E-state index contributed by atoms with van der Waals surface area (Å²) in [6, 6.07) is 0.466. The zero-order valence-electron chi connectivity index (χ0n) is 9.03. The van der Waals surface area contributed by atoms with E-state index in [2.05, 4.69) is 28.8 Å². The summed E-state index contributed by atoms with van der Waals surface area (Å²) in [5, 5.41) is 3.54. The highest BCUT2D eigenvalue weighted by Crippen LogP contribution is 2.27. The van der Waals surface area contributed by atoms with Crippen LogP contribution in [0.5, 0.6) is 0 Å². The molecule has 2 atom stereocenters. The van der Waals surface area contributed by atoms with Gasteiger partial charge in [0, 0.05) is 19.4 Å². The van der Waals surface area contributed by atoms with E-state index in [1.807, 2.05) is 12.4 Å². The van der Waals surface area contributed by atoms with Gasteiger partial charge in [-0.1, -0.05) is 13.3 Å². The van der Waals surface area contributed by atoms with Gasteiger partial charge in [-0.3, -0.25) is 0 Å². The summed E-state index contributed by atoms with van der Waals surface area (Å²) in [5.41, 5.74) is 0. The molecule has 1 fully saturated rings. The fraction of sp³-hybridized carbons (Fsp3) is 0.727. The Morgan fingerprint density at radius 3 is 3.14 bits per heavy atom. The van der Waals surface area contributed by atoms with E-state index in [0.717, 1.165) is 12.5 Å². The molecule has 3 heteroatoms. The van der Waals surface area contributed by atoms with Crippen LogP contribution in [0.2, 0.25) is 0 Å². The minimum Gasteiger partial charge on any atom is -0.337 e. The van der Waals surface area contributed by atoms with Gasteiger partial charge in [-0.25, -0.2) is 4.98 Å². The van der Waals surface area contributed by atoms with Crippen LogP contribution >= 0.6 is 0 Å². The predicted molar refractivity (Wildman–Crippen MR) is 57.0 cm³/mol. The monoisotopic (exact) mass is 193 g/mol. The average Bonchev–Trinajstić information content (AvgIpc) is 2.65. The molecule has 1 N–H and O–H groups in total. The number of nitrogens with one attached hydrogen (secondary N) is 1. The predicted octanol–water partition coefficient (Wildman–Crippen LogP) is 1.87. The zero-order chi connectivity index (χ0) is 9.97. The van der Waals surface area contributed by atoms with Crippen molar-refractivity contribution in [1.29, 1.82) is 0 Å². The Morgan fingerprint density at radius 2 is 2.50 bits per heavy atom. The summed E-state index contributed by atoms with van der Waals surface area (Å²) in [4.78, 5) is 4.41. The molecule has 3 nitrogen and oxygen atoms in total. The Hall–Kier alpha value is -0.830. The lowest BCUT2D eigenvalue weighted by Gasteiger charge is -2.29. The molecule has 1 aliphatic heterocycles. The molecule has 1 aliphatic rings. The van der Waals surface area contributed by atoms with Crippen LogP contribution in [0.15, 0.2) is 12.4 Å². The molecule has 0 saturated carbocycles. The van der Waals surface area contributed by atoms with Crippen molar-refractivity contribution in [2.24, 2.45) is 13.0 Å². The molecule has 2 heterocycles. The smallest absolute Gasteiger partial charge is 0.125 e. The number of piperidine rings is 1. The van der Waals surface area contributed by atoms with Gasteiger partial charge in [0.15, 0.2) is 0 Å². The van der Waals surface area contributed by atoms with Gasteiger partial charge in [0.05, 0.1) is 6.04 Å². The SMILES string of the molecule is CCC1CCNC(c2nccn2C)C1. The molecular formula is C11H19N3. The molecule has 2 unspecified atom stereocenters. The van der Waals surface area contributed by atoms with E-state index in [1.54, 1.807) is 0 Å². The highest BCUT2D eigenvalue weighted by atomic mass is 15.1. The van der Waals surface area contributed by atoms with Crippen molar-refractivity contribution in [3.8, 4) is 0 Å².